The molecule has 1 saturated heterocycles. The van der Waals surface area contributed by atoms with Crippen molar-refractivity contribution in [3.05, 3.63) is 46.8 Å². The van der Waals surface area contributed by atoms with E-state index in [1.165, 1.54) is 6.33 Å². The summed E-state index contributed by atoms with van der Waals surface area (Å²) in [5, 5.41) is 14.5. The Morgan fingerprint density at radius 1 is 1.20 bits per heavy atom. The number of carbonyl (C=O) groups is 1. The number of benzene rings is 1. The van der Waals surface area contributed by atoms with Gasteiger partial charge in [-0.25, -0.2) is 9.97 Å². The van der Waals surface area contributed by atoms with Gasteiger partial charge >= 0.3 is 5.69 Å². The normalized spacial score (nSPS) is 14.0. The largest absolute Gasteiger partial charge is 0.484 e. The van der Waals surface area contributed by atoms with Crippen molar-refractivity contribution < 1.29 is 19.2 Å². The lowest BCUT2D eigenvalue weighted by Gasteiger charge is -2.26. The number of morpholine rings is 1. The van der Waals surface area contributed by atoms with E-state index in [-0.39, 0.29) is 23.9 Å². The third-order valence-electron chi connectivity index (χ3n) is 4.26. The summed E-state index contributed by atoms with van der Waals surface area (Å²) in [6.07, 6.45) is 1.18. The van der Waals surface area contributed by atoms with Gasteiger partial charge in [0, 0.05) is 26.2 Å². The number of nitro groups is 1. The molecular weight excluding hydrogens is 394 g/mol. The predicted octanol–water partition coefficient (Wildman–Crippen LogP) is 0.651. The van der Waals surface area contributed by atoms with Crippen LogP contribution in [0, 0.1) is 10.1 Å². The molecule has 0 radical (unpaired) electrons. The molecule has 30 heavy (non-hydrogen) atoms. The lowest BCUT2D eigenvalue weighted by molar-refractivity contribution is -0.383. The zero-order valence-corrected chi connectivity index (χ0v) is 16.2. The number of rotatable bonds is 10. The molecule has 2 heterocycles. The van der Waals surface area contributed by atoms with Gasteiger partial charge in [-0.3, -0.25) is 30.7 Å². The Morgan fingerprint density at radius 3 is 2.67 bits per heavy atom. The zero-order chi connectivity index (χ0) is 21.2. The number of hydrogen-bond donors (Lipinski definition) is 3. The van der Waals surface area contributed by atoms with Gasteiger partial charge in [0.25, 0.3) is 5.91 Å². The molecule has 0 atom stereocenters. The number of anilines is 2. The quantitative estimate of drug-likeness (QED) is 0.372. The van der Waals surface area contributed by atoms with Crippen molar-refractivity contribution in [3.63, 3.8) is 0 Å². The lowest BCUT2D eigenvalue weighted by atomic mass is 10.3. The molecule has 12 heteroatoms. The number of carbonyl (C=O) groups excluding carboxylic acids is 1. The summed E-state index contributed by atoms with van der Waals surface area (Å²) < 4.78 is 10.6. The van der Waals surface area contributed by atoms with E-state index < -0.39 is 10.8 Å². The van der Waals surface area contributed by atoms with Crippen molar-refractivity contribution in [2.75, 3.05) is 56.7 Å². The van der Waals surface area contributed by atoms with Crippen molar-refractivity contribution in [1.29, 1.82) is 0 Å². The van der Waals surface area contributed by atoms with Crippen LogP contribution in [0.3, 0.4) is 0 Å². The number of ether oxygens (including phenoxy) is 2. The zero-order valence-electron chi connectivity index (χ0n) is 16.2. The van der Waals surface area contributed by atoms with Crippen LogP contribution in [-0.2, 0) is 9.53 Å². The monoisotopic (exact) mass is 417 g/mol. The fourth-order valence-electron chi connectivity index (χ4n) is 2.76. The Balaban J connectivity index is 1.54. The summed E-state index contributed by atoms with van der Waals surface area (Å²) in [6.45, 7) is 3.88. The van der Waals surface area contributed by atoms with Gasteiger partial charge in [0.2, 0.25) is 11.6 Å². The number of aromatic nitrogens is 2. The van der Waals surface area contributed by atoms with Crippen LogP contribution in [0.25, 0.3) is 0 Å². The Bertz CT molecular complexity index is 846. The van der Waals surface area contributed by atoms with Crippen molar-refractivity contribution in [3.8, 4) is 5.75 Å². The van der Waals surface area contributed by atoms with E-state index in [2.05, 4.69) is 31.0 Å². The van der Waals surface area contributed by atoms with Crippen LogP contribution in [0.15, 0.2) is 36.7 Å². The number of nitrogens with one attached hydrogen (secondary N) is 3. The number of para-hydroxylation sites is 1. The van der Waals surface area contributed by atoms with E-state index in [1.807, 2.05) is 6.07 Å². The molecule has 0 spiro atoms. The summed E-state index contributed by atoms with van der Waals surface area (Å²) in [4.78, 5) is 32.9. The second-order valence-electron chi connectivity index (χ2n) is 6.33. The fourth-order valence-corrected chi connectivity index (χ4v) is 2.76. The van der Waals surface area contributed by atoms with Crippen LogP contribution in [0.1, 0.15) is 0 Å². The molecule has 160 valence electrons. The fraction of sp³-hybridized carbons (Fsp3) is 0.389. The van der Waals surface area contributed by atoms with Crippen molar-refractivity contribution >= 4 is 23.2 Å². The van der Waals surface area contributed by atoms with Crippen molar-refractivity contribution in [2.45, 2.75) is 0 Å². The number of hydrazine groups is 1. The molecule has 2 aromatic rings. The molecule has 0 aliphatic carbocycles. The molecule has 12 nitrogen and oxygen atoms in total. The van der Waals surface area contributed by atoms with Gasteiger partial charge in [-0.15, -0.1) is 0 Å². The van der Waals surface area contributed by atoms with Gasteiger partial charge < -0.3 is 14.8 Å². The highest BCUT2D eigenvalue weighted by Crippen LogP contribution is 2.28. The first-order valence-corrected chi connectivity index (χ1v) is 9.39. The van der Waals surface area contributed by atoms with E-state index in [0.29, 0.717) is 32.1 Å². The van der Waals surface area contributed by atoms with E-state index in [9.17, 15) is 14.9 Å². The smallest absolute Gasteiger partial charge is 0.354 e. The van der Waals surface area contributed by atoms with Crippen molar-refractivity contribution in [1.82, 2.24) is 20.3 Å². The van der Waals surface area contributed by atoms with Gasteiger partial charge in [-0.2, -0.15) is 0 Å². The van der Waals surface area contributed by atoms with E-state index in [4.69, 9.17) is 9.47 Å². The third-order valence-corrected chi connectivity index (χ3v) is 4.26. The van der Waals surface area contributed by atoms with Crippen LogP contribution in [-0.4, -0.2) is 71.7 Å². The first kappa shape index (κ1) is 21.2. The summed E-state index contributed by atoms with van der Waals surface area (Å²) in [6, 6.07) is 8.82. The molecule has 1 fully saturated rings. The van der Waals surface area contributed by atoms with Gasteiger partial charge in [-0.05, 0) is 12.1 Å². The lowest BCUT2D eigenvalue weighted by Crippen LogP contribution is -2.39. The second-order valence-corrected chi connectivity index (χ2v) is 6.33. The predicted molar refractivity (Wildman–Crippen MR) is 108 cm³/mol. The van der Waals surface area contributed by atoms with Gasteiger partial charge in [0.05, 0.1) is 18.1 Å². The highest BCUT2D eigenvalue weighted by atomic mass is 16.6. The van der Waals surface area contributed by atoms with Crippen molar-refractivity contribution in [2.24, 2.45) is 0 Å². The Morgan fingerprint density at radius 2 is 1.93 bits per heavy atom. The summed E-state index contributed by atoms with van der Waals surface area (Å²) >= 11 is 0. The van der Waals surface area contributed by atoms with Gasteiger partial charge in [0.1, 0.15) is 12.1 Å². The summed E-state index contributed by atoms with van der Waals surface area (Å²) in [7, 11) is 0. The maximum atomic E-state index is 12.0. The first-order chi connectivity index (χ1) is 14.6. The molecule has 0 unspecified atom stereocenters. The maximum absolute atomic E-state index is 12.0. The van der Waals surface area contributed by atoms with Crippen LogP contribution < -0.4 is 20.9 Å². The van der Waals surface area contributed by atoms with Crippen LogP contribution >= 0.6 is 0 Å². The molecule has 3 rings (SSSR count). The minimum Gasteiger partial charge on any atom is -0.484 e. The maximum Gasteiger partial charge on any atom is 0.354 e. The first-order valence-electron chi connectivity index (χ1n) is 9.39. The topological polar surface area (TPSA) is 144 Å². The summed E-state index contributed by atoms with van der Waals surface area (Å²) in [5.74, 6) is -0.0431. The minimum absolute atomic E-state index is 0.0699. The standard InChI is InChI=1S/C18H23N7O5/c26-15(12-30-14-4-2-1-3-5-14)22-23-18-16(25(27)28)17(20-13-21-18)19-6-7-24-8-10-29-11-9-24/h1-5,13H,6-12H2,(H,22,26)(H2,19,20,21,23). The Labute approximate surface area is 172 Å². The number of amides is 1. The SMILES string of the molecule is O=C(COc1ccccc1)NNc1ncnc(NCCN2CCOCC2)c1[N+](=O)[O-]. The Kier molecular flexibility index (Phi) is 7.69. The highest BCUT2D eigenvalue weighted by molar-refractivity contribution is 5.80. The number of nitrogens with zero attached hydrogens (tertiary/aromatic N) is 4. The van der Waals surface area contributed by atoms with E-state index >= 15 is 0 Å². The van der Waals surface area contributed by atoms with E-state index in [1.54, 1.807) is 24.3 Å². The second kappa shape index (κ2) is 10.9. The average molecular weight is 417 g/mol. The molecule has 0 saturated carbocycles. The molecule has 1 aliphatic heterocycles. The third kappa shape index (κ3) is 6.25. The molecule has 1 amide bonds. The highest BCUT2D eigenvalue weighted by Gasteiger charge is 2.23. The Hall–Kier alpha value is -3.51. The molecule has 1 aromatic carbocycles. The summed E-state index contributed by atoms with van der Waals surface area (Å²) in [5.41, 5.74) is 4.45. The molecule has 0 bridgehead atoms. The van der Waals surface area contributed by atoms with Crippen LogP contribution in [0.2, 0.25) is 0 Å². The molecule has 1 aromatic heterocycles. The van der Waals surface area contributed by atoms with Crippen LogP contribution in [0.5, 0.6) is 5.75 Å². The minimum atomic E-state index is -0.605. The molecule has 3 N–H and O–H groups in total. The molecule has 1 aliphatic rings. The van der Waals surface area contributed by atoms with Gasteiger partial charge in [0.15, 0.2) is 6.61 Å². The number of hydrogen-bond acceptors (Lipinski definition) is 10. The molecular formula is C18H23N7O5. The van der Waals surface area contributed by atoms with E-state index in [0.717, 1.165) is 13.1 Å². The average Bonchev–Trinajstić information content (AvgIpc) is 2.77. The van der Waals surface area contributed by atoms with Crippen LogP contribution in [0.4, 0.5) is 17.3 Å². The van der Waals surface area contributed by atoms with Gasteiger partial charge in [-0.1, -0.05) is 18.2 Å².